The second kappa shape index (κ2) is 5.58. The van der Waals surface area contributed by atoms with Crippen molar-refractivity contribution in [2.45, 2.75) is 19.4 Å². The Bertz CT molecular complexity index is 523. The Labute approximate surface area is 103 Å². The van der Waals surface area contributed by atoms with Gasteiger partial charge in [-0.1, -0.05) is 0 Å². The van der Waals surface area contributed by atoms with E-state index in [0.29, 0.717) is 0 Å². The van der Waals surface area contributed by atoms with E-state index in [4.69, 9.17) is 11.0 Å². The van der Waals surface area contributed by atoms with Gasteiger partial charge in [-0.15, -0.1) is 0 Å². The van der Waals surface area contributed by atoms with E-state index in [2.05, 4.69) is 10.3 Å². The zero-order chi connectivity index (χ0) is 13.7. The molecule has 1 rings (SSSR count). The first-order chi connectivity index (χ1) is 8.45. The summed E-state index contributed by atoms with van der Waals surface area (Å²) >= 11 is 0. The Kier molecular flexibility index (Phi) is 4.15. The highest BCUT2D eigenvalue weighted by Crippen LogP contribution is 2.26. The maximum atomic E-state index is 10.9. The Morgan fingerprint density at radius 1 is 1.78 bits per heavy atom. The first-order valence-electron chi connectivity index (χ1n) is 5.04. The summed E-state index contributed by atoms with van der Waals surface area (Å²) < 4.78 is 0. The van der Waals surface area contributed by atoms with Crippen LogP contribution in [-0.2, 0) is 4.79 Å². The molecule has 1 atom stereocenters. The molecular formula is C10H11N5O3. The Morgan fingerprint density at radius 3 is 2.94 bits per heavy atom. The Balaban J connectivity index is 3.06. The van der Waals surface area contributed by atoms with Crippen LogP contribution in [-0.4, -0.2) is 21.9 Å². The van der Waals surface area contributed by atoms with Crippen LogP contribution < -0.4 is 11.1 Å². The number of hydrogen-bond donors (Lipinski definition) is 2. The summed E-state index contributed by atoms with van der Waals surface area (Å²) in [5.41, 5.74) is 4.52. The molecule has 1 heterocycles. The van der Waals surface area contributed by atoms with Gasteiger partial charge in [-0.3, -0.25) is 14.9 Å². The smallest absolute Gasteiger partial charge is 0.328 e. The number of nitro groups is 1. The van der Waals surface area contributed by atoms with Crippen molar-refractivity contribution in [2.24, 2.45) is 5.73 Å². The van der Waals surface area contributed by atoms with E-state index in [1.807, 2.05) is 0 Å². The van der Waals surface area contributed by atoms with Crippen molar-refractivity contribution in [3.63, 3.8) is 0 Å². The van der Waals surface area contributed by atoms with Gasteiger partial charge in [-0.25, -0.2) is 4.98 Å². The molecule has 0 aliphatic carbocycles. The highest BCUT2D eigenvalue weighted by Gasteiger charge is 2.22. The summed E-state index contributed by atoms with van der Waals surface area (Å²) in [6.07, 6.45) is 1.29. The van der Waals surface area contributed by atoms with Gasteiger partial charge in [0.2, 0.25) is 11.7 Å². The van der Waals surface area contributed by atoms with Gasteiger partial charge < -0.3 is 11.1 Å². The number of amides is 1. The van der Waals surface area contributed by atoms with E-state index in [9.17, 15) is 14.9 Å². The Morgan fingerprint density at radius 2 is 2.44 bits per heavy atom. The monoisotopic (exact) mass is 249 g/mol. The molecule has 8 heteroatoms. The molecule has 1 amide bonds. The fraction of sp³-hybridized carbons (Fsp3) is 0.300. The Hall–Kier alpha value is -2.69. The lowest BCUT2D eigenvalue weighted by Crippen LogP contribution is -2.24. The predicted octanol–water partition coefficient (Wildman–Crippen LogP) is 0.537. The third-order valence-electron chi connectivity index (χ3n) is 2.12. The third-order valence-corrected chi connectivity index (χ3v) is 2.12. The van der Waals surface area contributed by atoms with Crippen LogP contribution in [0.15, 0.2) is 12.3 Å². The molecule has 0 aromatic carbocycles. The van der Waals surface area contributed by atoms with E-state index in [1.54, 1.807) is 13.0 Å². The topological polar surface area (TPSA) is 135 Å². The second-order valence-corrected chi connectivity index (χ2v) is 3.64. The quantitative estimate of drug-likeness (QED) is 0.577. The lowest BCUT2D eigenvalue weighted by molar-refractivity contribution is -0.384. The molecule has 0 radical (unpaired) electrons. The zero-order valence-electron chi connectivity index (χ0n) is 9.58. The lowest BCUT2D eigenvalue weighted by Gasteiger charge is -2.12. The van der Waals surface area contributed by atoms with Crippen molar-refractivity contribution in [3.05, 3.63) is 27.9 Å². The molecule has 0 bridgehead atoms. The van der Waals surface area contributed by atoms with Crippen molar-refractivity contribution < 1.29 is 9.72 Å². The number of nitriles is 1. The standard InChI is InChI=1S/C10H11N5O3/c1-6(4-8(12)16)14-10-9(15(17)18)7(5-11)2-3-13-10/h2-3,6H,4H2,1H3,(H2,12,16)(H,13,14). The first-order valence-corrected chi connectivity index (χ1v) is 5.04. The van der Waals surface area contributed by atoms with Crippen LogP contribution >= 0.6 is 0 Å². The van der Waals surface area contributed by atoms with E-state index < -0.39 is 22.6 Å². The number of rotatable bonds is 5. The van der Waals surface area contributed by atoms with E-state index in [-0.39, 0.29) is 17.8 Å². The molecule has 0 aliphatic heterocycles. The molecule has 0 saturated carbocycles. The molecule has 0 spiro atoms. The number of nitrogens with one attached hydrogen (secondary N) is 1. The molecule has 8 nitrogen and oxygen atoms in total. The zero-order valence-corrected chi connectivity index (χ0v) is 9.58. The molecule has 94 valence electrons. The highest BCUT2D eigenvalue weighted by molar-refractivity contribution is 5.75. The summed E-state index contributed by atoms with van der Waals surface area (Å²) in [5.74, 6) is -0.582. The third kappa shape index (κ3) is 3.15. The number of nitrogens with zero attached hydrogens (tertiary/aromatic N) is 3. The number of carbonyl (C=O) groups is 1. The van der Waals surface area contributed by atoms with Crippen molar-refractivity contribution in [1.29, 1.82) is 5.26 Å². The highest BCUT2D eigenvalue weighted by atomic mass is 16.6. The normalized spacial score (nSPS) is 11.3. The van der Waals surface area contributed by atoms with Gasteiger partial charge in [-0.2, -0.15) is 5.26 Å². The van der Waals surface area contributed by atoms with Crippen molar-refractivity contribution in [1.82, 2.24) is 4.98 Å². The minimum Gasteiger partial charge on any atom is -0.370 e. The minimum atomic E-state index is -0.690. The minimum absolute atomic E-state index is 0.00954. The molecule has 1 aromatic heterocycles. The summed E-state index contributed by atoms with van der Waals surface area (Å²) in [4.78, 5) is 24.7. The number of pyridine rings is 1. The maximum absolute atomic E-state index is 10.9. The van der Waals surface area contributed by atoms with E-state index >= 15 is 0 Å². The SMILES string of the molecule is CC(CC(N)=O)Nc1nccc(C#N)c1[N+](=O)[O-]. The molecule has 1 unspecified atom stereocenters. The van der Waals surface area contributed by atoms with E-state index in [1.165, 1.54) is 12.3 Å². The fourth-order valence-electron chi connectivity index (χ4n) is 1.42. The van der Waals surface area contributed by atoms with Crippen LogP contribution in [0.2, 0.25) is 0 Å². The van der Waals surface area contributed by atoms with Crippen LogP contribution in [0.4, 0.5) is 11.5 Å². The summed E-state index contributed by atoms with van der Waals surface area (Å²) in [6, 6.07) is 2.56. The average Bonchev–Trinajstić information content (AvgIpc) is 2.26. The molecule has 3 N–H and O–H groups in total. The van der Waals surface area contributed by atoms with Gasteiger partial charge in [0.25, 0.3) is 0 Å². The molecular weight excluding hydrogens is 238 g/mol. The number of primary amides is 1. The van der Waals surface area contributed by atoms with Crippen LogP contribution in [0.1, 0.15) is 18.9 Å². The number of hydrogen-bond acceptors (Lipinski definition) is 6. The van der Waals surface area contributed by atoms with Crippen molar-refractivity contribution in [2.75, 3.05) is 5.32 Å². The summed E-state index contributed by atoms with van der Waals surface area (Å²) in [7, 11) is 0. The molecule has 0 saturated heterocycles. The van der Waals surface area contributed by atoms with Crippen LogP contribution in [0.25, 0.3) is 0 Å². The van der Waals surface area contributed by atoms with Crippen molar-refractivity contribution >= 4 is 17.4 Å². The summed E-state index contributed by atoms with van der Waals surface area (Å²) in [6.45, 7) is 1.63. The number of aromatic nitrogens is 1. The fourth-order valence-corrected chi connectivity index (χ4v) is 1.42. The number of nitrogens with two attached hydrogens (primary N) is 1. The van der Waals surface area contributed by atoms with Crippen LogP contribution in [0.3, 0.4) is 0 Å². The predicted molar refractivity (Wildman–Crippen MR) is 62.5 cm³/mol. The number of carbonyl (C=O) groups excluding carboxylic acids is 1. The largest absolute Gasteiger partial charge is 0.370 e. The van der Waals surface area contributed by atoms with E-state index in [0.717, 1.165) is 0 Å². The van der Waals surface area contributed by atoms with Gasteiger partial charge in [-0.05, 0) is 13.0 Å². The van der Waals surface area contributed by atoms with Gasteiger partial charge in [0.15, 0.2) is 0 Å². The summed E-state index contributed by atoms with van der Waals surface area (Å²) in [5, 5.41) is 22.4. The first kappa shape index (κ1) is 13.4. The maximum Gasteiger partial charge on any atom is 0.328 e. The van der Waals surface area contributed by atoms with Gasteiger partial charge >= 0.3 is 5.69 Å². The van der Waals surface area contributed by atoms with Gasteiger partial charge in [0, 0.05) is 18.7 Å². The van der Waals surface area contributed by atoms with Crippen LogP contribution in [0, 0.1) is 21.4 Å². The average molecular weight is 249 g/mol. The van der Waals surface area contributed by atoms with Gasteiger partial charge in [0.1, 0.15) is 11.6 Å². The lowest BCUT2D eigenvalue weighted by atomic mass is 10.2. The second-order valence-electron chi connectivity index (χ2n) is 3.64. The van der Waals surface area contributed by atoms with Crippen molar-refractivity contribution in [3.8, 4) is 6.07 Å². The number of anilines is 1. The molecule has 0 fully saturated rings. The molecule has 0 aliphatic rings. The van der Waals surface area contributed by atoms with Gasteiger partial charge in [0.05, 0.1) is 4.92 Å². The van der Waals surface area contributed by atoms with Crippen LogP contribution in [0.5, 0.6) is 0 Å². The molecule has 18 heavy (non-hydrogen) atoms. The molecule has 1 aromatic rings.